The van der Waals surface area contributed by atoms with Crippen LogP contribution in [0.4, 0.5) is 0 Å². The molecule has 0 bridgehead atoms. The molecule has 25 heavy (non-hydrogen) atoms. The van der Waals surface area contributed by atoms with Gasteiger partial charge in [0.15, 0.2) is 6.61 Å². The van der Waals surface area contributed by atoms with Crippen molar-refractivity contribution in [2.45, 2.75) is 32.2 Å². The first kappa shape index (κ1) is 17.0. The molecule has 2 aromatic rings. The van der Waals surface area contributed by atoms with Crippen LogP contribution in [0.1, 0.15) is 24.8 Å². The summed E-state index contributed by atoms with van der Waals surface area (Å²) in [5.41, 5.74) is 0.735. The van der Waals surface area contributed by atoms with Crippen molar-refractivity contribution in [2.75, 3.05) is 13.2 Å². The van der Waals surface area contributed by atoms with Gasteiger partial charge < -0.3 is 19.2 Å². The third-order valence-corrected chi connectivity index (χ3v) is 4.39. The maximum absolute atomic E-state index is 12.3. The molecule has 1 aromatic heterocycles. The van der Waals surface area contributed by atoms with Gasteiger partial charge in [-0.2, -0.15) is 0 Å². The molecule has 7 nitrogen and oxygen atoms in total. The number of nitrogens with zero attached hydrogens (tertiary/aromatic N) is 1. The van der Waals surface area contributed by atoms with E-state index in [4.69, 9.17) is 9.15 Å². The van der Waals surface area contributed by atoms with Crippen molar-refractivity contribution in [1.82, 2.24) is 4.90 Å². The maximum atomic E-state index is 12.3. The molecule has 1 amide bonds. The molecule has 132 valence electrons. The van der Waals surface area contributed by atoms with Gasteiger partial charge in [0.25, 0.3) is 5.91 Å². The fourth-order valence-electron chi connectivity index (χ4n) is 3.11. The minimum Gasteiger partial charge on any atom is -0.484 e. The summed E-state index contributed by atoms with van der Waals surface area (Å²) in [6.45, 7) is 1.97. The Morgan fingerprint density at radius 2 is 2.12 bits per heavy atom. The Labute approximate surface area is 143 Å². The molecule has 1 aliphatic heterocycles. The number of carboxylic acids is 1. The molecule has 1 aromatic carbocycles. The fourth-order valence-corrected chi connectivity index (χ4v) is 3.11. The monoisotopic (exact) mass is 345 g/mol. The number of benzene rings is 1. The van der Waals surface area contributed by atoms with Crippen LogP contribution >= 0.6 is 0 Å². The zero-order valence-corrected chi connectivity index (χ0v) is 13.9. The highest BCUT2D eigenvalue weighted by atomic mass is 16.5. The molecule has 0 saturated carbocycles. The number of carboxylic acid groups (broad SMARTS) is 1. The summed E-state index contributed by atoms with van der Waals surface area (Å²) >= 11 is 0. The third kappa shape index (κ3) is 3.65. The lowest BCUT2D eigenvalue weighted by atomic mass is 10.0. The lowest BCUT2D eigenvalue weighted by molar-refractivity contribution is -0.152. The average molecular weight is 345 g/mol. The van der Waals surface area contributed by atoms with Gasteiger partial charge in [-0.05, 0) is 43.9 Å². The summed E-state index contributed by atoms with van der Waals surface area (Å²) in [5.74, 6) is -0.965. The number of rotatable bonds is 4. The quantitative estimate of drug-likeness (QED) is 0.851. The molecule has 0 radical (unpaired) electrons. The standard InChI is InChI=1S/C18H19NO6/c1-11-8-17(21)25-15-9-12(5-6-13(11)15)24-10-16(20)19-7-3-2-4-14(19)18(22)23/h5-6,8-9,14H,2-4,7,10H2,1H3,(H,22,23)/t14-/m1/s1. The number of hydrogen-bond donors (Lipinski definition) is 1. The zero-order chi connectivity index (χ0) is 18.0. The van der Waals surface area contributed by atoms with E-state index in [-0.39, 0.29) is 12.5 Å². The van der Waals surface area contributed by atoms with Gasteiger partial charge in [-0.3, -0.25) is 4.79 Å². The van der Waals surface area contributed by atoms with Crippen LogP contribution in [0.2, 0.25) is 0 Å². The summed E-state index contributed by atoms with van der Waals surface area (Å²) < 4.78 is 10.6. The summed E-state index contributed by atoms with van der Waals surface area (Å²) in [6.07, 6.45) is 2.04. The second-order valence-corrected chi connectivity index (χ2v) is 6.13. The number of carbonyl (C=O) groups excluding carboxylic acids is 1. The average Bonchev–Trinajstić information content (AvgIpc) is 2.59. The fraction of sp³-hybridized carbons (Fsp3) is 0.389. The molecule has 1 atom stereocenters. The number of hydrogen-bond acceptors (Lipinski definition) is 5. The number of ether oxygens (including phenoxy) is 1. The van der Waals surface area contributed by atoms with Crippen molar-refractivity contribution in [3.8, 4) is 5.75 Å². The minimum absolute atomic E-state index is 0.259. The van der Waals surface area contributed by atoms with Crippen LogP contribution < -0.4 is 10.4 Å². The van der Waals surface area contributed by atoms with Crippen LogP contribution in [0.25, 0.3) is 11.0 Å². The molecule has 0 spiro atoms. The van der Waals surface area contributed by atoms with E-state index in [2.05, 4.69) is 0 Å². The summed E-state index contributed by atoms with van der Waals surface area (Å²) in [4.78, 5) is 36.4. The SMILES string of the molecule is Cc1cc(=O)oc2cc(OCC(=O)N3CCCC[C@@H]3C(=O)O)ccc12. The lowest BCUT2D eigenvalue weighted by Gasteiger charge is -2.32. The number of amides is 1. The zero-order valence-electron chi connectivity index (χ0n) is 13.9. The van der Waals surface area contributed by atoms with Gasteiger partial charge in [-0.25, -0.2) is 9.59 Å². The number of aliphatic carboxylic acids is 1. The summed E-state index contributed by atoms with van der Waals surface area (Å²) in [5, 5.41) is 10.0. The first-order chi connectivity index (χ1) is 12.0. The highest BCUT2D eigenvalue weighted by Gasteiger charge is 2.31. The van der Waals surface area contributed by atoms with Gasteiger partial charge in [0.1, 0.15) is 17.4 Å². The first-order valence-corrected chi connectivity index (χ1v) is 8.15. The number of carbonyl (C=O) groups is 2. The first-order valence-electron chi connectivity index (χ1n) is 8.15. The molecular weight excluding hydrogens is 326 g/mol. The van der Waals surface area contributed by atoms with Gasteiger partial charge in [-0.15, -0.1) is 0 Å². The molecule has 1 fully saturated rings. The van der Waals surface area contributed by atoms with E-state index in [0.29, 0.717) is 24.3 Å². The Hall–Kier alpha value is -2.83. The second-order valence-electron chi connectivity index (χ2n) is 6.13. The van der Waals surface area contributed by atoms with Gasteiger partial charge in [0.2, 0.25) is 0 Å². The normalized spacial score (nSPS) is 17.5. The van der Waals surface area contributed by atoms with Crippen molar-refractivity contribution in [3.05, 3.63) is 40.2 Å². The van der Waals surface area contributed by atoms with Gasteiger partial charge in [0.05, 0.1) is 0 Å². The van der Waals surface area contributed by atoms with E-state index >= 15 is 0 Å². The van der Waals surface area contributed by atoms with E-state index in [1.54, 1.807) is 18.2 Å². The van der Waals surface area contributed by atoms with Crippen LogP contribution in [-0.4, -0.2) is 41.1 Å². The Kier molecular flexibility index (Phi) is 4.74. The van der Waals surface area contributed by atoms with Crippen LogP contribution in [0.5, 0.6) is 5.75 Å². The van der Waals surface area contributed by atoms with E-state index in [0.717, 1.165) is 23.8 Å². The highest BCUT2D eigenvalue weighted by molar-refractivity contribution is 5.85. The van der Waals surface area contributed by atoms with Crippen LogP contribution in [0, 0.1) is 6.92 Å². The number of fused-ring (bicyclic) bond motifs is 1. The number of aryl methyl sites for hydroxylation is 1. The summed E-state index contributed by atoms with van der Waals surface area (Å²) in [6, 6.07) is 5.63. The molecule has 7 heteroatoms. The van der Waals surface area contributed by atoms with Crippen molar-refractivity contribution in [2.24, 2.45) is 0 Å². The molecule has 1 saturated heterocycles. The number of likely N-dealkylation sites (tertiary alicyclic amines) is 1. The lowest BCUT2D eigenvalue weighted by Crippen LogP contribution is -2.49. The van der Waals surface area contributed by atoms with Crippen LogP contribution in [0.3, 0.4) is 0 Å². The smallest absolute Gasteiger partial charge is 0.336 e. The molecule has 0 aliphatic carbocycles. The van der Waals surface area contributed by atoms with Crippen LogP contribution in [0.15, 0.2) is 33.5 Å². The number of piperidine rings is 1. The van der Waals surface area contributed by atoms with E-state index in [9.17, 15) is 19.5 Å². The van der Waals surface area contributed by atoms with Gasteiger partial charge >= 0.3 is 11.6 Å². The van der Waals surface area contributed by atoms with Crippen molar-refractivity contribution in [3.63, 3.8) is 0 Å². The van der Waals surface area contributed by atoms with Crippen LogP contribution in [-0.2, 0) is 9.59 Å². The van der Waals surface area contributed by atoms with Gasteiger partial charge in [-0.1, -0.05) is 0 Å². The molecule has 1 aliphatic rings. The Bertz CT molecular complexity index is 871. The Balaban J connectivity index is 1.72. The van der Waals surface area contributed by atoms with E-state index < -0.39 is 17.6 Å². The Morgan fingerprint density at radius 3 is 2.88 bits per heavy atom. The molecular formula is C18H19NO6. The van der Waals surface area contributed by atoms with E-state index in [1.807, 2.05) is 6.92 Å². The van der Waals surface area contributed by atoms with Crippen molar-refractivity contribution in [1.29, 1.82) is 0 Å². The van der Waals surface area contributed by atoms with Crippen molar-refractivity contribution < 1.29 is 23.8 Å². The summed E-state index contributed by atoms with van der Waals surface area (Å²) in [7, 11) is 0. The molecule has 0 unspecified atom stereocenters. The molecule has 3 rings (SSSR count). The second kappa shape index (κ2) is 6.96. The Morgan fingerprint density at radius 1 is 1.32 bits per heavy atom. The topological polar surface area (TPSA) is 97.0 Å². The third-order valence-electron chi connectivity index (χ3n) is 4.39. The maximum Gasteiger partial charge on any atom is 0.336 e. The largest absolute Gasteiger partial charge is 0.484 e. The highest BCUT2D eigenvalue weighted by Crippen LogP contribution is 2.23. The van der Waals surface area contributed by atoms with Gasteiger partial charge in [0, 0.05) is 24.1 Å². The predicted molar refractivity (Wildman–Crippen MR) is 89.7 cm³/mol. The van der Waals surface area contributed by atoms with Crippen molar-refractivity contribution >= 4 is 22.8 Å². The van der Waals surface area contributed by atoms with E-state index in [1.165, 1.54) is 11.0 Å². The molecule has 2 heterocycles. The minimum atomic E-state index is -0.990. The predicted octanol–water partition coefficient (Wildman–Crippen LogP) is 1.95. The molecule has 1 N–H and O–H groups in total.